The Hall–Kier alpha value is -1.84. The SMILES string of the molecule is Cc1ccc(CN2CCN(C(=O)C3CC3c3ccc(Cl)cc3)CC2)cc1. The summed E-state index contributed by atoms with van der Waals surface area (Å²) in [4.78, 5) is 17.3. The van der Waals surface area contributed by atoms with Crippen molar-refractivity contribution in [3.8, 4) is 0 Å². The Kier molecular flexibility index (Phi) is 5.01. The normalized spacial score (nSPS) is 23.1. The van der Waals surface area contributed by atoms with Gasteiger partial charge >= 0.3 is 0 Å². The summed E-state index contributed by atoms with van der Waals surface area (Å²) in [7, 11) is 0. The summed E-state index contributed by atoms with van der Waals surface area (Å²) in [5.74, 6) is 0.880. The van der Waals surface area contributed by atoms with E-state index in [9.17, 15) is 4.79 Å². The molecule has 1 heterocycles. The molecule has 136 valence electrons. The van der Waals surface area contributed by atoms with Crippen LogP contribution in [0.25, 0.3) is 0 Å². The standard InChI is InChI=1S/C22H25ClN2O/c1-16-2-4-17(5-3-16)15-24-10-12-25(13-11-24)22(26)21-14-20(21)18-6-8-19(23)9-7-18/h2-9,20-21H,10-15H2,1H3. The van der Waals surface area contributed by atoms with Crippen molar-refractivity contribution in [3.63, 3.8) is 0 Å². The minimum Gasteiger partial charge on any atom is -0.340 e. The first-order valence-electron chi connectivity index (χ1n) is 9.42. The number of carbonyl (C=O) groups is 1. The van der Waals surface area contributed by atoms with Crippen molar-refractivity contribution >= 4 is 17.5 Å². The largest absolute Gasteiger partial charge is 0.340 e. The molecule has 3 nitrogen and oxygen atoms in total. The maximum absolute atomic E-state index is 12.8. The van der Waals surface area contributed by atoms with Crippen molar-refractivity contribution in [2.45, 2.75) is 25.8 Å². The molecule has 1 aliphatic heterocycles. The Morgan fingerprint density at radius 2 is 1.65 bits per heavy atom. The summed E-state index contributed by atoms with van der Waals surface area (Å²) in [5.41, 5.74) is 3.88. The van der Waals surface area contributed by atoms with E-state index < -0.39 is 0 Å². The Balaban J connectivity index is 1.27. The van der Waals surface area contributed by atoms with Crippen LogP contribution in [0.15, 0.2) is 48.5 Å². The van der Waals surface area contributed by atoms with Gasteiger partial charge in [0.1, 0.15) is 0 Å². The van der Waals surface area contributed by atoms with Crippen molar-refractivity contribution in [2.24, 2.45) is 5.92 Å². The van der Waals surface area contributed by atoms with E-state index in [2.05, 4.69) is 53.1 Å². The molecule has 0 N–H and O–H groups in total. The Bertz CT molecular complexity index is 764. The zero-order valence-corrected chi connectivity index (χ0v) is 16.0. The second-order valence-electron chi connectivity index (χ2n) is 7.59. The molecule has 1 amide bonds. The van der Waals surface area contributed by atoms with E-state index in [-0.39, 0.29) is 5.92 Å². The number of carbonyl (C=O) groups excluding carboxylic acids is 1. The number of piperazine rings is 1. The fourth-order valence-corrected chi connectivity index (χ4v) is 3.98. The third-order valence-corrected chi connectivity index (χ3v) is 5.87. The van der Waals surface area contributed by atoms with Crippen LogP contribution in [0.4, 0.5) is 0 Å². The summed E-state index contributed by atoms with van der Waals surface area (Å²) < 4.78 is 0. The van der Waals surface area contributed by atoms with Gasteiger partial charge in [-0.3, -0.25) is 9.69 Å². The molecular weight excluding hydrogens is 344 g/mol. The van der Waals surface area contributed by atoms with Gasteiger partial charge in [-0.1, -0.05) is 53.6 Å². The van der Waals surface area contributed by atoms with E-state index in [1.165, 1.54) is 16.7 Å². The number of halogens is 1. The molecule has 2 atom stereocenters. The molecule has 2 aliphatic rings. The summed E-state index contributed by atoms with van der Waals surface area (Å²) in [5, 5.41) is 0.752. The fraction of sp³-hybridized carbons (Fsp3) is 0.409. The van der Waals surface area contributed by atoms with Crippen LogP contribution in [0.3, 0.4) is 0 Å². The average Bonchev–Trinajstić information content (AvgIpc) is 3.45. The van der Waals surface area contributed by atoms with Gasteiger partial charge in [-0.05, 0) is 42.5 Å². The highest BCUT2D eigenvalue weighted by Crippen LogP contribution is 2.48. The molecular formula is C22H25ClN2O. The Morgan fingerprint density at radius 3 is 2.31 bits per heavy atom. The Morgan fingerprint density at radius 1 is 1.00 bits per heavy atom. The van der Waals surface area contributed by atoms with Gasteiger partial charge in [-0.2, -0.15) is 0 Å². The lowest BCUT2D eigenvalue weighted by atomic mass is 10.1. The molecule has 1 saturated carbocycles. The van der Waals surface area contributed by atoms with Gasteiger partial charge in [0.25, 0.3) is 0 Å². The van der Waals surface area contributed by atoms with Crippen LogP contribution < -0.4 is 0 Å². The molecule has 0 radical (unpaired) electrons. The molecule has 2 fully saturated rings. The lowest BCUT2D eigenvalue weighted by molar-refractivity contribution is -0.134. The molecule has 4 rings (SSSR count). The number of nitrogens with zero attached hydrogens (tertiary/aromatic N) is 2. The predicted molar refractivity (Wildman–Crippen MR) is 105 cm³/mol. The number of rotatable bonds is 4. The third kappa shape index (κ3) is 3.94. The van der Waals surface area contributed by atoms with Crippen LogP contribution in [-0.2, 0) is 11.3 Å². The fourth-order valence-electron chi connectivity index (χ4n) is 3.86. The molecule has 2 aromatic rings. The number of hydrogen-bond acceptors (Lipinski definition) is 2. The topological polar surface area (TPSA) is 23.6 Å². The number of aryl methyl sites for hydroxylation is 1. The van der Waals surface area contributed by atoms with Gasteiger partial charge in [0.2, 0.25) is 5.91 Å². The smallest absolute Gasteiger partial charge is 0.226 e. The highest BCUT2D eigenvalue weighted by Gasteiger charge is 2.46. The van der Waals surface area contributed by atoms with E-state index in [0.29, 0.717) is 11.8 Å². The molecule has 26 heavy (non-hydrogen) atoms. The van der Waals surface area contributed by atoms with Gasteiger partial charge in [0, 0.05) is 43.7 Å². The maximum Gasteiger partial charge on any atom is 0.226 e. The quantitative estimate of drug-likeness (QED) is 0.811. The third-order valence-electron chi connectivity index (χ3n) is 5.62. The van der Waals surface area contributed by atoms with E-state index in [4.69, 9.17) is 11.6 Å². The van der Waals surface area contributed by atoms with Gasteiger partial charge in [-0.25, -0.2) is 0 Å². The van der Waals surface area contributed by atoms with Gasteiger partial charge < -0.3 is 4.90 Å². The minimum atomic E-state index is 0.167. The number of hydrogen-bond donors (Lipinski definition) is 0. The first-order chi connectivity index (χ1) is 12.6. The zero-order chi connectivity index (χ0) is 18.1. The van der Waals surface area contributed by atoms with Crippen LogP contribution >= 0.6 is 11.6 Å². The van der Waals surface area contributed by atoms with Crippen molar-refractivity contribution in [2.75, 3.05) is 26.2 Å². The van der Waals surface area contributed by atoms with Crippen molar-refractivity contribution in [1.82, 2.24) is 9.80 Å². The zero-order valence-electron chi connectivity index (χ0n) is 15.2. The van der Waals surface area contributed by atoms with E-state index in [0.717, 1.165) is 44.2 Å². The highest BCUT2D eigenvalue weighted by atomic mass is 35.5. The van der Waals surface area contributed by atoms with E-state index in [1.807, 2.05) is 12.1 Å². The van der Waals surface area contributed by atoms with Crippen LogP contribution in [0.5, 0.6) is 0 Å². The second-order valence-corrected chi connectivity index (χ2v) is 8.02. The van der Waals surface area contributed by atoms with Gasteiger partial charge in [-0.15, -0.1) is 0 Å². The van der Waals surface area contributed by atoms with Crippen LogP contribution in [0.2, 0.25) is 5.02 Å². The Labute approximate surface area is 160 Å². The molecule has 1 aliphatic carbocycles. The van der Waals surface area contributed by atoms with Crippen molar-refractivity contribution in [1.29, 1.82) is 0 Å². The molecule has 0 aromatic heterocycles. The first-order valence-corrected chi connectivity index (χ1v) is 9.80. The molecule has 0 spiro atoms. The first kappa shape index (κ1) is 17.6. The molecule has 4 heteroatoms. The van der Waals surface area contributed by atoms with Crippen LogP contribution in [0, 0.1) is 12.8 Å². The van der Waals surface area contributed by atoms with E-state index >= 15 is 0 Å². The molecule has 1 saturated heterocycles. The second kappa shape index (κ2) is 7.42. The number of amides is 1. The van der Waals surface area contributed by atoms with Crippen molar-refractivity contribution in [3.05, 3.63) is 70.2 Å². The summed E-state index contributed by atoms with van der Waals surface area (Å²) in [6, 6.07) is 16.7. The lowest BCUT2D eigenvalue weighted by Gasteiger charge is -2.35. The highest BCUT2D eigenvalue weighted by molar-refractivity contribution is 6.30. The predicted octanol–water partition coefficient (Wildman–Crippen LogP) is 4.10. The molecule has 2 unspecified atom stereocenters. The average molecular weight is 369 g/mol. The molecule has 0 bridgehead atoms. The van der Waals surface area contributed by atoms with Crippen LogP contribution in [0.1, 0.15) is 29.0 Å². The molecule has 2 aromatic carbocycles. The van der Waals surface area contributed by atoms with Gasteiger partial charge in [0.05, 0.1) is 0 Å². The summed E-state index contributed by atoms with van der Waals surface area (Å²) in [6.45, 7) is 6.68. The lowest BCUT2D eigenvalue weighted by Crippen LogP contribution is -2.48. The number of benzene rings is 2. The van der Waals surface area contributed by atoms with Crippen molar-refractivity contribution < 1.29 is 4.79 Å². The monoisotopic (exact) mass is 368 g/mol. The van der Waals surface area contributed by atoms with E-state index in [1.54, 1.807) is 0 Å². The van der Waals surface area contributed by atoms with Gasteiger partial charge in [0.15, 0.2) is 0 Å². The maximum atomic E-state index is 12.8. The summed E-state index contributed by atoms with van der Waals surface area (Å²) >= 11 is 5.96. The van der Waals surface area contributed by atoms with Crippen LogP contribution in [-0.4, -0.2) is 41.9 Å². The minimum absolute atomic E-state index is 0.167. The summed E-state index contributed by atoms with van der Waals surface area (Å²) in [6.07, 6.45) is 0.976.